The highest BCUT2D eigenvalue weighted by atomic mass is 16.5. The highest BCUT2D eigenvalue weighted by molar-refractivity contribution is 6.51. The number of amides is 1. The van der Waals surface area contributed by atoms with E-state index in [9.17, 15) is 14.7 Å². The van der Waals surface area contributed by atoms with Crippen molar-refractivity contribution in [3.63, 3.8) is 0 Å². The molecule has 6 heteroatoms. The molecule has 1 amide bonds. The van der Waals surface area contributed by atoms with E-state index in [0.29, 0.717) is 17.9 Å². The molecule has 1 fully saturated rings. The number of carbonyl (C=O) groups is 2. The van der Waals surface area contributed by atoms with Crippen LogP contribution >= 0.6 is 0 Å². The number of aliphatic hydroxyl groups excluding tert-OH is 1. The van der Waals surface area contributed by atoms with Gasteiger partial charge in [0.15, 0.2) is 0 Å². The second kappa shape index (κ2) is 8.95. The number of carbonyl (C=O) groups excluding carboxylic acids is 2. The van der Waals surface area contributed by atoms with Gasteiger partial charge in [0, 0.05) is 31.0 Å². The van der Waals surface area contributed by atoms with E-state index >= 15 is 0 Å². The van der Waals surface area contributed by atoms with Crippen molar-refractivity contribution in [1.29, 1.82) is 0 Å². The van der Waals surface area contributed by atoms with Gasteiger partial charge in [-0.2, -0.15) is 0 Å². The number of hydrogen-bond donors (Lipinski definition) is 1. The lowest BCUT2D eigenvalue weighted by atomic mass is 9.93. The summed E-state index contributed by atoms with van der Waals surface area (Å²) >= 11 is 0. The zero-order valence-corrected chi connectivity index (χ0v) is 20.1. The predicted octanol–water partition coefficient (Wildman–Crippen LogP) is 5.01. The molecular formula is C29H28N2O4. The van der Waals surface area contributed by atoms with Crippen molar-refractivity contribution in [1.82, 2.24) is 0 Å². The molecule has 1 atom stereocenters. The Balaban J connectivity index is 1.67. The van der Waals surface area contributed by atoms with Crippen molar-refractivity contribution in [2.24, 2.45) is 0 Å². The van der Waals surface area contributed by atoms with E-state index in [-0.39, 0.29) is 11.3 Å². The van der Waals surface area contributed by atoms with Crippen molar-refractivity contribution in [2.45, 2.75) is 25.8 Å². The topological polar surface area (TPSA) is 70.1 Å². The fourth-order valence-electron chi connectivity index (χ4n) is 4.74. The summed E-state index contributed by atoms with van der Waals surface area (Å²) in [6.45, 7) is 2.64. The van der Waals surface area contributed by atoms with Crippen molar-refractivity contribution in [2.75, 3.05) is 30.5 Å². The number of Topliss-reactive ketones (excluding diaryl/α,β-unsaturated/α-hetero) is 1. The summed E-state index contributed by atoms with van der Waals surface area (Å²) in [5.41, 5.74) is 4.98. The van der Waals surface area contributed by atoms with Crippen LogP contribution in [0.1, 0.15) is 34.7 Å². The normalized spacial score (nSPS) is 18.8. The maximum absolute atomic E-state index is 13.4. The second-order valence-electron chi connectivity index (χ2n) is 9.27. The summed E-state index contributed by atoms with van der Waals surface area (Å²) in [7, 11) is 3.90. The van der Waals surface area contributed by atoms with Gasteiger partial charge < -0.3 is 14.7 Å². The third-order valence-electron chi connectivity index (χ3n) is 6.66. The number of ether oxygens (including phenoxy) is 1. The standard InChI is InChI=1S/C29H28N2O4/c1-18-6-11-23(12-7-18)31-26(19-8-13-22(14-9-19)30(2)3)25(28(33)29(31)34)27(32)21-10-15-24-20(17-21)5-4-16-35-24/h6-15,17,26,32H,4-5,16H2,1-3H3/b27-25-. The Hall–Kier alpha value is -4.06. The van der Waals surface area contributed by atoms with Crippen LogP contribution < -0.4 is 14.5 Å². The molecule has 0 saturated carbocycles. The lowest BCUT2D eigenvalue weighted by Crippen LogP contribution is -2.29. The van der Waals surface area contributed by atoms with E-state index in [1.54, 1.807) is 6.07 Å². The van der Waals surface area contributed by atoms with Crippen molar-refractivity contribution >= 4 is 28.8 Å². The minimum Gasteiger partial charge on any atom is -0.507 e. The van der Waals surface area contributed by atoms with E-state index in [2.05, 4.69) is 0 Å². The molecule has 2 aliphatic heterocycles. The fraction of sp³-hybridized carbons (Fsp3) is 0.241. The molecule has 0 aliphatic carbocycles. The smallest absolute Gasteiger partial charge is 0.300 e. The maximum Gasteiger partial charge on any atom is 0.300 e. The second-order valence-corrected chi connectivity index (χ2v) is 9.27. The SMILES string of the molecule is Cc1ccc(N2C(=O)C(=O)/C(=C(\O)c3ccc4c(c3)CCCO4)C2c2ccc(N(C)C)cc2)cc1. The first-order valence-corrected chi connectivity index (χ1v) is 11.8. The maximum atomic E-state index is 13.4. The molecule has 1 saturated heterocycles. The predicted molar refractivity (Wildman–Crippen MR) is 137 cm³/mol. The summed E-state index contributed by atoms with van der Waals surface area (Å²) < 4.78 is 5.70. The molecule has 6 nitrogen and oxygen atoms in total. The van der Waals surface area contributed by atoms with Crippen LogP contribution in [0.25, 0.3) is 5.76 Å². The van der Waals surface area contributed by atoms with Crippen LogP contribution in [0.15, 0.2) is 72.3 Å². The minimum absolute atomic E-state index is 0.0878. The summed E-state index contributed by atoms with van der Waals surface area (Å²) in [5, 5.41) is 11.4. The van der Waals surface area contributed by atoms with Crippen LogP contribution in [0, 0.1) is 6.92 Å². The Bertz CT molecular complexity index is 1320. The molecule has 2 aliphatic rings. The van der Waals surface area contributed by atoms with Gasteiger partial charge in [-0.1, -0.05) is 29.8 Å². The number of ketones is 1. The summed E-state index contributed by atoms with van der Waals surface area (Å²) in [6.07, 6.45) is 1.73. The van der Waals surface area contributed by atoms with E-state index in [4.69, 9.17) is 4.74 Å². The first kappa shape index (κ1) is 22.7. The molecule has 35 heavy (non-hydrogen) atoms. The number of aliphatic hydroxyl groups is 1. The van der Waals surface area contributed by atoms with E-state index < -0.39 is 17.7 Å². The number of nitrogens with zero attached hydrogens (tertiary/aromatic N) is 2. The Kier molecular flexibility index (Phi) is 5.81. The molecule has 1 unspecified atom stereocenters. The van der Waals surface area contributed by atoms with E-state index in [1.807, 2.05) is 86.6 Å². The largest absolute Gasteiger partial charge is 0.507 e. The molecule has 0 spiro atoms. The van der Waals surface area contributed by atoms with Crippen molar-refractivity contribution in [3.8, 4) is 5.75 Å². The number of anilines is 2. The molecule has 178 valence electrons. The van der Waals surface area contributed by atoms with Crippen LogP contribution in [-0.2, 0) is 16.0 Å². The van der Waals surface area contributed by atoms with Gasteiger partial charge in [-0.15, -0.1) is 0 Å². The zero-order valence-electron chi connectivity index (χ0n) is 20.1. The van der Waals surface area contributed by atoms with Gasteiger partial charge in [-0.05, 0) is 73.4 Å². The quantitative estimate of drug-likeness (QED) is 0.331. The van der Waals surface area contributed by atoms with Gasteiger partial charge in [0.05, 0.1) is 18.2 Å². The molecule has 0 radical (unpaired) electrons. The molecule has 3 aromatic carbocycles. The monoisotopic (exact) mass is 468 g/mol. The summed E-state index contributed by atoms with van der Waals surface area (Å²) in [5.74, 6) is -0.728. The van der Waals surface area contributed by atoms with Crippen LogP contribution in [-0.4, -0.2) is 37.5 Å². The molecule has 5 rings (SSSR count). The Morgan fingerprint density at radius 2 is 1.71 bits per heavy atom. The first-order valence-electron chi connectivity index (χ1n) is 11.8. The Labute approximate surface area is 205 Å². The van der Waals surface area contributed by atoms with Gasteiger partial charge in [0.25, 0.3) is 11.7 Å². The number of fused-ring (bicyclic) bond motifs is 1. The minimum atomic E-state index is -0.749. The zero-order chi connectivity index (χ0) is 24.7. The van der Waals surface area contributed by atoms with Crippen molar-refractivity contribution < 1.29 is 19.4 Å². The number of rotatable bonds is 4. The van der Waals surface area contributed by atoms with E-state index in [0.717, 1.165) is 41.0 Å². The summed E-state index contributed by atoms with van der Waals surface area (Å²) in [6, 6.07) is 19.8. The highest BCUT2D eigenvalue weighted by Gasteiger charge is 2.47. The molecule has 2 heterocycles. The lowest BCUT2D eigenvalue weighted by Gasteiger charge is -2.26. The summed E-state index contributed by atoms with van der Waals surface area (Å²) in [4.78, 5) is 30.2. The first-order chi connectivity index (χ1) is 16.8. The highest BCUT2D eigenvalue weighted by Crippen LogP contribution is 2.43. The van der Waals surface area contributed by atoms with Crippen LogP contribution in [0.3, 0.4) is 0 Å². The number of benzene rings is 3. The number of hydrogen-bond acceptors (Lipinski definition) is 5. The van der Waals surface area contributed by atoms with Gasteiger partial charge in [0.2, 0.25) is 0 Å². The average Bonchev–Trinajstić information content (AvgIpc) is 3.14. The molecule has 0 bridgehead atoms. The Morgan fingerprint density at radius 1 is 1.00 bits per heavy atom. The van der Waals surface area contributed by atoms with Gasteiger partial charge in [0.1, 0.15) is 11.5 Å². The van der Waals surface area contributed by atoms with Gasteiger partial charge >= 0.3 is 0 Å². The molecule has 0 aromatic heterocycles. The van der Waals surface area contributed by atoms with Crippen LogP contribution in [0.2, 0.25) is 0 Å². The van der Waals surface area contributed by atoms with Crippen LogP contribution in [0.4, 0.5) is 11.4 Å². The van der Waals surface area contributed by atoms with Crippen molar-refractivity contribution in [3.05, 3.63) is 94.6 Å². The molecular weight excluding hydrogens is 440 g/mol. The number of aryl methyl sites for hydroxylation is 2. The average molecular weight is 469 g/mol. The lowest BCUT2D eigenvalue weighted by molar-refractivity contribution is -0.132. The Morgan fingerprint density at radius 3 is 2.40 bits per heavy atom. The van der Waals surface area contributed by atoms with E-state index in [1.165, 1.54) is 4.90 Å². The third kappa shape index (κ3) is 4.05. The van der Waals surface area contributed by atoms with Crippen LogP contribution in [0.5, 0.6) is 5.75 Å². The molecule has 1 N–H and O–H groups in total. The molecule has 3 aromatic rings. The van der Waals surface area contributed by atoms with Gasteiger partial charge in [-0.25, -0.2) is 0 Å². The van der Waals surface area contributed by atoms with Gasteiger partial charge in [-0.3, -0.25) is 14.5 Å². The fourth-order valence-corrected chi connectivity index (χ4v) is 4.74. The third-order valence-corrected chi connectivity index (χ3v) is 6.66.